The fraction of sp³-hybridized carbons (Fsp3) is 0.500. The third-order valence-corrected chi connectivity index (χ3v) is 5.79. The number of carbonyl (C=O) groups is 4. The summed E-state index contributed by atoms with van der Waals surface area (Å²) in [6.45, 7) is -0.467. The molecule has 7 nitrogen and oxygen atoms in total. The van der Waals surface area contributed by atoms with Crippen molar-refractivity contribution in [2.75, 3.05) is 6.61 Å². The first-order valence-electron chi connectivity index (χ1n) is 9.30. The van der Waals surface area contributed by atoms with Gasteiger partial charge in [0.2, 0.25) is 11.2 Å². The van der Waals surface area contributed by atoms with Crippen LogP contribution >= 0.6 is 0 Å². The van der Waals surface area contributed by atoms with Crippen LogP contribution in [0.15, 0.2) is 30.3 Å². The summed E-state index contributed by atoms with van der Waals surface area (Å²) in [4.78, 5) is 52.2. The van der Waals surface area contributed by atoms with E-state index < -0.39 is 41.7 Å². The molecule has 0 N–H and O–H groups in total. The number of amides is 1. The number of hydrogen-bond acceptors (Lipinski definition) is 6. The number of rotatable bonds is 4. The summed E-state index contributed by atoms with van der Waals surface area (Å²) in [5.74, 6) is -3.21. The fourth-order valence-corrected chi connectivity index (χ4v) is 4.36. The third kappa shape index (κ3) is 2.72. The van der Waals surface area contributed by atoms with E-state index in [4.69, 9.17) is 9.47 Å². The Morgan fingerprint density at radius 3 is 2.52 bits per heavy atom. The van der Waals surface area contributed by atoms with Crippen LogP contribution in [0.4, 0.5) is 0 Å². The van der Waals surface area contributed by atoms with Gasteiger partial charge in [0.25, 0.3) is 5.91 Å². The molecular formula is C20H21NO6. The molecule has 0 unspecified atom stereocenters. The molecule has 4 rings (SSSR count). The molecule has 2 atom stereocenters. The van der Waals surface area contributed by atoms with Crippen molar-refractivity contribution in [3.05, 3.63) is 35.9 Å². The largest absolute Gasteiger partial charge is 0.462 e. The zero-order chi connectivity index (χ0) is 19.0. The van der Waals surface area contributed by atoms with Crippen LogP contribution in [0.5, 0.6) is 0 Å². The summed E-state index contributed by atoms with van der Waals surface area (Å²) >= 11 is 0. The smallest absolute Gasteiger partial charge is 0.330 e. The van der Waals surface area contributed by atoms with Crippen molar-refractivity contribution in [1.29, 1.82) is 0 Å². The van der Waals surface area contributed by atoms with Crippen LogP contribution in [0.2, 0.25) is 0 Å². The van der Waals surface area contributed by atoms with Gasteiger partial charge in [0.05, 0.1) is 0 Å². The highest BCUT2D eigenvalue weighted by Crippen LogP contribution is 2.44. The van der Waals surface area contributed by atoms with Crippen LogP contribution in [-0.2, 0) is 35.3 Å². The van der Waals surface area contributed by atoms with E-state index >= 15 is 0 Å². The maximum atomic E-state index is 12.9. The number of hydrogen-bond donors (Lipinski definition) is 0. The first-order valence-corrected chi connectivity index (χ1v) is 9.30. The van der Waals surface area contributed by atoms with Gasteiger partial charge in [-0.3, -0.25) is 14.4 Å². The Labute approximate surface area is 156 Å². The molecule has 0 aromatic heterocycles. The Bertz CT molecular complexity index is 785. The molecule has 1 aliphatic carbocycles. The number of esters is 2. The Kier molecular flexibility index (Phi) is 4.45. The highest BCUT2D eigenvalue weighted by Gasteiger charge is 2.72. The number of fused-ring (bicyclic) bond motifs is 1. The van der Waals surface area contributed by atoms with Gasteiger partial charge < -0.3 is 14.4 Å². The Hall–Kier alpha value is -2.70. The van der Waals surface area contributed by atoms with Gasteiger partial charge in [0.1, 0.15) is 13.2 Å². The highest BCUT2D eigenvalue weighted by atomic mass is 16.6. The van der Waals surface area contributed by atoms with Crippen molar-refractivity contribution >= 4 is 23.6 Å². The molecule has 1 saturated carbocycles. The second-order valence-corrected chi connectivity index (χ2v) is 7.38. The lowest BCUT2D eigenvalue weighted by molar-refractivity contribution is -0.162. The number of cyclic esters (lactones) is 1. The van der Waals surface area contributed by atoms with Gasteiger partial charge in [0, 0.05) is 6.04 Å². The number of benzene rings is 1. The average molecular weight is 371 g/mol. The summed E-state index contributed by atoms with van der Waals surface area (Å²) < 4.78 is 10.4. The number of Topliss-reactive ketones (excluding diaryl/α,β-unsaturated/α-hetero) is 1. The van der Waals surface area contributed by atoms with Gasteiger partial charge in [-0.15, -0.1) is 0 Å². The van der Waals surface area contributed by atoms with E-state index in [1.165, 1.54) is 4.90 Å². The van der Waals surface area contributed by atoms with Crippen LogP contribution in [0.1, 0.15) is 37.7 Å². The number of nitrogens with zero attached hydrogens (tertiary/aromatic N) is 1. The molecule has 3 aliphatic rings. The lowest BCUT2D eigenvalue weighted by Crippen LogP contribution is -2.51. The lowest BCUT2D eigenvalue weighted by Gasteiger charge is -2.34. The molecule has 1 aromatic carbocycles. The van der Waals surface area contributed by atoms with Gasteiger partial charge >= 0.3 is 11.9 Å². The number of ketones is 1. The highest BCUT2D eigenvalue weighted by molar-refractivity contribution is 6.46. The first kappa shape index (κ1) is 17.7. The normalized spacial score (nSPS) is 28.2. The van der Waals surface area contributed by atoms with Crippen molar-refractivity contribution in [3.63, 3.8) is 0 Å². The SMILES string of the molecule is O=C1OC[C@@]2(C(=O)OCc3ccccc3)C(=O)C(=O)N(C3CCCCC3)[C@@H]12. The summed E-state index contributed by atoms with van der Waals surface area (Å²) in [5, 5.41) is 0. The van der Waals surface area contributed by atoms with Crippen molar-refractivity contribution < 1.29 is 28.7 Å². The van der Waals surface area contributed by atoms with Gasteiger partial charge in [-0.05, 0) is 18.4 Å². The van der Waals surface area contributed by atoms with Crippen LogP contribution in [0, 0.1) is 5.41 Å². The molecule has 1 aromatic rings. The summed E-state index contributed by atoms with van der Waals surface area (Å²) in [7, 11) is 0. The standard InChI is InChI=1S/C20H21NO6/c22-16-17(23)21(14-9-5-2-6-10-14)15-18(24)27-12-20(15,16)19(25)26-11-13-7-3-1-4-8-13/h1,3-4,7-8,14-15H,2,5-6,9-12H2/t15-,20-/m0/s1. The lowest BCUT2D eigenvalue weighted by atomic mass is 9.81. The van der Waals surface area contributed by atoms with Crippen LogP contribution in [0.3, 0.4) is 0 Å². The predicted molar refractivity (Wildman–Crippen MR) is 92.1 cm³/mol. The summed E-state index contributed by atoms with van der Waals surface area (Å²) in [6, 6.07) is 7.61. The minimum Gasteiger partial charge on any atom is -0.462 e. The molecule has 2 aliphatic heterocycles. The molecule has 0 radical (unpaired) electrons. The molecule has 0 spiro atoms. The van der Waals surface area contributed by atoms with Crippen LogP contribution in [0.25, 0.3) is 0 Å². The zero-order valence-electron chi connectivity index (χ0n) is 14.9. The second kappa shape index (κ2) is 6.79. The van der Waals surface area contributed by atoms with Crippen molar-refractivity contribution in [3.8, 4) is 0 Å². The zero-order valence-corrected chi connectivity index (χ0v) is 14.9. The minimum absolute atomic E-state index is 0.0345. The molecule has 2 heterocycles. The van der Waals surface area contributed by atoms with E-state index in [1.54, 1.807) is 12.1 Å². The maximum absolute atomic E-state index is 12.9. The summed E-state index contributed by atoms with van der Waals surface area (Å²) in [6.07, 6.45) is 4.35. The van der Waals surface area contributed by atoms with Crippen molar-refractivity contribution in [2.45, 2.75) is 50.8 Å². The topological polar surface area (TPSA) is 90.0 Å². The van der Waals surface area contributed by atoms with E-state index in [2.05, 4.69) is 0 Å². The van der Waals surface area contributed by atoms with E-state index in [-0.39, 0.29) is 12.6 Å². The molecule has 1 amide bonds. The molecule has 7 heteroatoms. The Balaban J connectivity index is 1.61. The van der Waals surface area contributed by atoms with Gasteiger partial charge in [0.15, 0.2) is 6.04 Å². The molecule has 27 heavy (non-hydrogen) atoms. The fourth-order valence-electron chi connectivity index (χ4n) is 4.36. The van der Waals surface area contributed by atoms with Crippen LogP contribution < -0.4 is 0 Å². The van der Waals surface area contributed by atoms with Gasteiger partial charge in [-0.1, -0.05) is 49.6 Å². The van der Waals surface area contributed by atoms with E-state index in [0.29, 0.717) is 0 Å². The van der Waals surface area contributed by atoms with E-state index in [1.807, 2.05) is 18.2 Å². The quantitative estimate of drug-likeness (QED) is 0.451. The molecule has 3 fully saturated rings. The maximum Gasteiger partial charge on any atom is 0.330 e. The molecule has 142 valence electrons. The third-order valence-electron chi connectivity index (χ3n) is 5.79. The molecule has 0 bridgehead atoms. The number of likely N-dealkylation sites (tertiary alicyclic amines) is 1. The second-order valence-electron chi connectivity index (χ2n) is 7.38. The number of ether oxygens (including phenoxy) is 2. The summed E-state index contributed by atoms with van der Waals surface area (Å²) in [5.41, 5.74) is -1.12. The van der Waals surface area contributed by atoms with E-state index in [9.17, 15) is 19.2 Å². The molecular weight excluding hydrogens is 350 g/mol. The van der Waals surface area contributed by atoms with Gasteiger partial charge in [-0.25, -0.2) is 4.79 Å². The van der Waals surface area contributed by atoms with Crippen molar-refractivity contribution in [1.82, 2.24) is 4.90 Å². The predicted octanol–water partition coefficient (Wildman–Crippen LogP) is 1.39. The first-order chi connectivity index (χ1) is 13.1. The van der Waals surface area contributed by atoms with E-state index in [0.717, 1.165) is 37.7 Å². The molecule has 2 saturated heterocycles. The minimum atomic E-state index is -1.87. The Morgan fingerprint density at radius 2 is 1.81 bits per heavy atom. The number of carbonyl (C=O) groups excluding carboxylic acids is 4. The monoisotopic (exact) mass is 371 g/mol. The van der Waals surface area contributed by atoms with Gasteiger partial charge in [-0.2, -0.15) is 0 Å². The van der Waals surface area contributed by atoms with Crippen LogP contribution in [-0.4, -0.2) is 47.2 Å². The Morgan fingerprint density at radius 1 is 1.11 bits per heavy atom. The van der Waals surface area contributed by atoms with Crippen molar-refractivity contribution in [2.24, 2.45) is 5.41 Å². The average Bonchev–Trinajstić information content (AvgIpc) is 3.16.